The van der Waals surface area contributed by atoms with Crippen LogP contribution in [0.25, 0.3) is 5.82 Å². The zero-order chi connectivity index (χ0) is 12.6. The molecule has 0 saturated carbocycles. The molecule has 0 aliphatic rings. The Labute approximate surface area is 103 Å². The van der Waals surface area contributed by atoms with E-state index in [-0.39, 0.29) is 10.7 Å². The highest BCUT2D eigenvalue weighted by atomic mass is 35.5. The topological polar surface area (TPSA) is 68.0 Å². The Balaban J connectivity index is 2.62. The lowest BCUT2D eigenvalue weighted by atomic mass is 10.3. The second-order valence-corrected chi connectivity index (χ2v) is 4.02. The Morgan fingerprint density at radius 3 is 2.71 bits per heavy atom. The minimum atomic E-state index is -1.09. The van der Waals surface area contributed by atoms with Gasteiger partial charge in [-0.2, -0.15) is 5.10 Å². The summed E-state index contributed by atoms with van der Waals surface area (Å²) >= 11 is 5.99. The third-order valence-corrected chi connectivity index (χ3v) is 2.69. The summed E-state index contributed by atoms with van der Waals surface area (Å²) in [6, 6.07) is 3.62. The van der Waals surface area contributed by atoms with Gasteiger partial charge in [0.1, 0.15) is 10.7 Å². The minimum Gasteiger partial charge on any atom is -0.478 e. The summed E-state index contributed by atoms with van der Waals surface area (Å²) in [4.78, 5) is 15.1. The summed E-state index contributed by atoms with van der Waals surface area (Å²) in [5.41, 5.74) is 1.37. The minimum absolute atomic E-state index is 0.00923. The van der Waals surface area contributed by atoms with Crippen LogP contribution < -0.4 is 0 Å². The van der Waals surface area contributed by atoms with Crippen molar-refractivity contribution in [2.45, 2.75) is 13.8 Å². The van der Waals surface area contributed by atoms with Gasteiger partial charge in [-0.15, -0.1) is 0 Å². The summed E-state index contributed by atoms with van der Waals surface area (Å²) in [6.45, 7) is 3.51. The molecule has 0 radical (unpaired) electrons. The Morgan fingerprint density at radius 2 is 2.18 bits per heavy atom. The number of aromatic nitrogens is 3. The fourth-order valence-corrected chi connectivity index (χ4v) is 1.87. The van der Waals surface area contributed by atoms with E-state index in [4.69, 9.17) is 16.7 Å². The molecule has 0 unspecified atom stereocenters. The van der Waals surface area contributed by atoms with E-state index >= 15 is 0 Å². The Morgan fingerprint density at radius 1 is 1.47 bits per heavy atom. The average Bonchev–Trinajstić information content (AvgIpc) is 2.54. The van der Waals surface area contributed by atoms with E-state index in [9.17, 15) is 4.79 Å². The molecule has 0 atom stereocenters. The molecule has 5 nitrogen and oxygen atoms in total. The first-order chi connectivity index (χ1) is 8.00. The van der Waals surface area contributed by atoms with Gasteiger partial charge in [0.15, 0.2) is 5.82 Å². The maximum absolute atomic E-state index is 11.0. The molecule has 0 aliphatic carbocycles. The smallest absolute Gasteiger partial charge is 0.340 e. The van der Waals surface area contributed by atoms with Crippen molar-refractivity contribution >= 4 is 17.6 Å². The summed E-state index contributed by atoms with van der Waals surface area (Å²) < 4.78 is 1.33. The molecule has 0 amide bonds. The number of aryl methyl sites for hydroxylation is 2. The predicted molar refractivity (Wildman–Crippen MR) is 62.8 cm³/mol. The van der Waals surface area contributed by atoms with Gasteiger partial charge in [-0.05, 0) is 31.5 Å². The molecule has 0 aliphatic heterocycles. The molecule has 2 aromatic rings. The van der Waals surface area contributed by atoms with Gasteiger partial charge >= 0.3 is 5.97 Å². The third kappa shape index (κ3) is 2.01. The van der Waals surface area contributed by atoms with Crippen LogP contribution in [0.1, 0.15) is 21.6 Å². The fraction of sp³-hybridized carbons (Fsp3) is 0.182. The number of halogens is 1. The normalized spacial score (nSPS) is 10.5. The van der Waals surface area contributed by atoms with Crippen molar-refractivity contribution in [1.82, 2.24) is 14.8 Å². The van der Waals surface area contributed by atoms with Crippen LogP contribution in [0.5, 0.6) is 0 Å². The van der Waals surface area contributed by atoms with E-state index in [2.05, 4.69) is 10.1 Å². The molecular formula is C11H10ClN3O2. The Kier molecular flexibility index (Phi) is 2.85. The van der Waals surface area contributed by atoms with Crippen molar-refractivity contribution < 1.29 is 9.90 Å². The lowest BCUT2D eigenvalue weighted by Gasteiger charge is -2.02. The number of hydrogen-bond acceptors (Lipinski definition) is 3. The predicted octanol–water partition coefficient (Wildman–Crippen LogP) is 2.24. The maximum Gasteiger partial charge on any atom is 0.340 e. The Bertz CT molecular complexity index is 592. The average molecular weight is 252 g/mol. The number of rotatable bonds is 2. The van der Waals surface area contributed by atoms with Crippen LogP contribution in [-0.2, 0) is 0 Å². The van der Waals surface area contributed by atoms with Crippen LogP contribution in [0.15, 0.2) is 18.3 Å². The summed E-state index contributed by atoms with van der Waals surface area (Å²) in [5.74, 6) is -0.586. The van der Waals surface area contributed by atoms with Gasteiger partial charge in [0.05, 0.1) is 5.69 Å². The zero-order valence-electron chi connectivity index (χ0n) is 9.31. The highest BCUT2D eigenvalue weighted by Crippen LogP contribution is 2.22. The van der Waals surface area contributed by atoms with Crippen LogP contribution in [0, 0.1) is 13.8 Å². The van der Waals surface area contributed by atoms with Gasteiger partial charge in [0.2, 0.25) is 0 Å². The molecule has 6 heteroatoms. The van der Waals surface area contributed by atoms with E-state index in [0.717, 1.165) is 5.56 Å². The fourth-order valence-electron chi connectivity index (χ4n) is 1.53. The van der Waals surface area contributed by atoms with Crippen LogP contribution >= 0.6 is 11.6 Å². The van der Waals surface area contributed by atoms with E-state index in [0.29, 0.717) is 11.5 Å². The van der Waals surface area contributed by atoms with Crippen LogP contribution in [0.2, 0.25) is 5.15 Å². The molecule has 88 valence electrons. The number of carboxylic acids is 1. The van der Waals surface area contributed by atoms with Crippen molar-refractivity contribution in [3.8, 4) is 5.82 Å². The van der Waals surface area contributed by atoms with Crippen LogP contribution in [0.3, 0.4) is 0 Å². The highest BCUT2D eigenvalue weighted by Gasteiger charge is 2.20. The second kappa shape index (κ2) is 4.18. The molecule has 2 heterocycles. The van der Waals surface area contributed by atoms with E-state index in [1.807, 2.05) is 13.0 Å². The quantitative estimate of drug-likeness (QED) is 0.889. The molecular weight excluding hydrogens is 242 g/mol. The van der Waals surface area contributed by atoms with Crippen LogP contribution in [0.4, 0.5) is 0 Å². The molecule has 0 saturated heterocycles. The van der Waals surface area contributed by atoms with Crippen molar-refractivity contribution in [3.63, 3.8) is 0 Å². The maximum atomic E-state index is 11.0. The van der Waals surface area contributed by atoms with Gasteiger partial charge in [0.25, 0.3) is 0 Å². The number of carbonyl (C=O) groups is 1. The second-order valence-electron chi connectivity index (χ2n) is 3.66. The molecule has 1 N–H and O–H groups in total. The molecule has 0 bridgehead atoms. The first-order valence-electron chi connectivity index (χ1n) is 4.92. The number of carboxylic acid groups (broad SMARTS) is 1. The largest absolute Gasteiger partial charge is 0.478 e. The van der Waals surface area contributed by atoms with Crippen LogP contribution in [-0.4, -0.2) is 25.8 Å². The highest BCUT2D eigenvalue weighted by molar-refractivity contribution is 6.32. The van der Waals surface area contributed by atoms with Gasteiger partial charge in [-0.1, -0.05) is 11.6 Å². The van der Waals surface area contributed by atoms with E-state index < -0.39 is 5.97 Å². The van der Waals surface area contributed by atoms with Crippen molar-refractivity contribution in [2.75, 3.05) is 0 Å². The van der Waals surface area contributed by atoms with Gasteiger partial charge in [0, 0.05) is 6.20 Å². The van der Waals surface area contributed by atoms with Crippen molar-refractivity contribution in [2.24, 2.45) is 0 Å². The first-order valence-corrected chi connectivity index (χ1v) is 5.30. The summed E-state index contributed by atoms with van der Waals surface area (Å²) in [6.07, 6.45) is 1.62. The number of aromatic carboxylic acids is 1. The monoisotopic (exact) mass is 251 g/mol. The molecule has 2 aromatic heterocycles. The molecule has 0 spiro atoms. The zero-order valence-corrected chi connectivity index (χ0v) is 10.1. The Hall–Kier alpha value is -1.88. The van der Waals surface area contributed by atoms with Gasteiger partial charge in [-0.3, -0.25) is 0 Å². The van der Waals surface area contributed by atoms with E-state index in [1.54, 1.807) is 19.2 Å². The number of pyridine rings is 1. The first kappa shape index (κ1) is 11.6. The number of hydrogen-bond donors (Lipinski definition) is 1. The summed E-state index contributed by atoms with van der Waals surface area (Å²) in [5, 5.41) is 13.2. The van der Waals surface area contributed by atoms with Crippen molar-refractivity contribution in [3.05, 3.63) is 40.3 Å². The molecule has 0 fully saturated rings. The lowest BCUT2D eigenvalue weighted by molar-refractivity contribution is 0.0696. The molecule has 2 rings (SSSR count). The lowest BCUT2D eigenvalue weighted by Crippen LogP contribution is -2.01. The standard InChI is InChI=1S/C11H10ClN3O2/c1-6-3-4-13-8(5-6)15-10(12)9(11(16)17)7(2)14-15/h3-5H,1-2H3,(H,16,17). The summed E-state index contributed by atoms with van der Waals surface area (Å²) in [7, 11) is 0. The molecule has 0 aromatic carbocycles. The molecule has 17 heavy (non-hydrogen) atoms. The van der Waals surface area contributed by atoms with Gasteiger partial charge in [-0.25, -0.2) is 14.5 Å². The third-order valence-electron chi connectivity index (χ3n) is 2.34. The SMILES string of the molecule is Cc1ccnc(-n2nc(C)c(C(=O)O)c2Cl)c1. The van der Waals surface area contributed by atoms with Crippen molar-refractivity contribution in [1.29, 1.82) is 0 Å². The van der Waals surface area contributed by atoms with Gasteiger partial charge < -0.3 is 5.11 Å². The number of nitrogens with zero attached hydrogens (tertiary/aromatic N) is 3. The van der Waals surface area contributed by atoms with E-state index in [1.165, 1.54) is 4.68 Å².